The lowest BCUT2D eigenvalue weighted by Gasteiger charge is -2.11. The maximum atomic E-state index is 12.6. The first kappa shape index (κ1) is 21.6. The fourth-order valence-corrected chi connectivity index (χ4v) is 3.81. The van der Waals surface area contributed by atoms with Crippen molar-refractivity contribution in [1.82, 2.24) is 4.37 Å². The van der Waals surface area contributed by atoms with Crippen molar-refractivity contribution in [3.8, 4) is 0 Å². The van der Waals surface area contributed by atoms with E-state index in [1.54, 1.807) is 30.3 Å². The van der Waals surface area contributed by atoms with Crippen LogP contribution in [0.15, 0.2) is 52.3 Å². The molecule has 3 rings (SSSR count). The highest BCUT2D eigenvalue weighted by Crippen LogP contribution is 2.26. The van der Waals surface area contributed by atoms with Crippen molar-refractivity contribution in [2.45, 2.75) is 26.8 Å². The van der Waals surface area contributed by atoms with Crippen LogP contribution in [-0.2, 0) is 0 Å². The van der Waals surface area contributed by atoms with Gasteiger partial charge in [-0.15, -0.1) is 0 Å². The zero-order valence-electron chi connectivity index (χ0n) is 16.7. The van der Waals surface area contributed by atoms with Gasteiger partial charge in [0.25, 0.3) is 11.5 Å². The number of amides is 1. The molecule has 0 radical (unpaired) electrons. The van der Waals surface area contributed by atoms with E-state index in [-0.39, 0.29) is 23.3 Å². The van der Waals surface area contributed by atoms with Crippen LogP contribution in [0.25, 0.3) is 0 Å². The number of aliphatic imine (C=N–C) groups is 1. The lowest BCUT2D eigenvalue weighted by Crippen LogP contribution is -2.23. The average Bonchev–Trinajstić information content (AvgIpc) is 3.05. The quantitative estimate of drug-likeness (QED) is 0.331. The van der Waals surface area contributed by atoms with Gasteiger partial charge in [0.15, 0.2) is 0 Å². The van der Waals surface area contributed by atoms with E-state index < -0.39 is 0 Å². The molecule has 0 bridgehead atoms. The fourth-order valence-electron chi connectivity index (χ4n) is 2.78. The van der Waals surface area contributed by atoms with Crippen molar-refractivity contribution >= 4 is 51.3 Å². The number of nitrogens with one attached hydrogen (secondary N) is 3. The molecule has 1 aromatic heterocycles. The van der Waals surface area contributed by atoms with E-state index in [4.69, 9.17) is 17.3 Å². The number of halogens is 1. The van der Waals surface area contributed by atoms with Crippen molar-refractivity contribution in [3.63, 3.8) is 0 Å². The van der Waals surface area contributed by atoms with Gasteiger partial charge < -0.3 is 16.4 Å². The zero-order valence-corrected chi connectivity index (χ0v) is 18.3. The van der Waals surface area contributed by atoms with Crippen LogP contribution in [-0.4, -0.2) is 22.2 Å². The van der Waals surface area contributed by atoms with Crippen LogP contribution in [0.4, 0.5) is 16.4 Å². The molecule has 0 fully saturated rings. The molecule has 2 aromatic carbocycles. The minimum absolute atomic E-state index is 0.0308. The lowest BCUT2D eigenvalue weighted by atomic mass is 10.1. The zero-order chi connectivity index (χ0) is 21.8. The number of benzene rings is 2. The number of carbonyl (C=O) groups is 1. The van der Waals surface area contributed by atoms with Crippen LogP contribution in [0.5, 0.6) is 0 Å². The Morgan fingerprint density at radius 3 is 2.53 bits per heavy atom. The summed E-state index contributed by atoms with van der Waals surface area (Å²) in [5.74, 6) is -0.0841. The summed E-state index contributed by atoms with van der Waals surface area (Å²) >= 11 is 7.32. The summed E-state index contributed by atoms with van der Waals surface area (Å²) in [7, 11) is 0. The minimum Gasteiger partial charge on any atom is -0.383 e. The Morgan fingerprint density at radius 1 is 1.20 bits per heavy atom. The van der Waals surface area contributed by atoms with Crippen molar-refractivity contribution in [1.29, 1.82) is 0 Å². The maximum Gasteiger partial charge on any atom is 0.271 e. The predicted molar refractivity (Wildman–Crippen MR) is 125 cm³/mol. The highest BCUT2D eigenvalue weighted by molar-refractivity contribution is 7.10. The predicted octanol–water partition coefficient (Wildman–Crippen LogP) is 4.51. The molecular weight excluding hydrogens is 422 g/mol. The van der Waals surface area contributed by atoms with E-state index in [0.717, 1.165) is 17.1 Å². The Bertz CT molecular complexity index is 1130. The van der Waals surface area contributed by atoms with Crippen LogP contribution in [0.3, 0.4) is 0 Å². The first-order chi connectivity index (χ1) is 14.3. The fraction of sp³-hybridized carbons (Fsp3) is 0.190. The number of aromatic nitrogens is 1. The Balaban J connectivity index is 1.77. The van der Waals surface area contributed by atoms with Crippen LogP contribution in [0, 0.1) is 6.92 Å². The van der Waals surface area contributed by atoms with E-state index in [1.807, 2.05) is 32.9 Å². The molecule has 9 heteroatoms. The van der Waals surface area contributed by atoms with E-state index in [9.17, 15) is 9.59 Å². The average molecular weight is 444 g/mol. The van der Waals surface area contributed by atoms with E-state index in [1.165, 1.54) is 0 Å². The first-order valence-electron chi connectivity index (χ1n) is 9.25. The minimum atomic E-state index is -0.296. The molecule has 0 aliphatic rings. The van der Waals surface area contributed by atoms with Crippen LogP contribution in [0.2, 0.25) is 5.02 Å². The third-order valence-corrected chi connectivity index (χ3v) is 5.33. The molecule has 30 heavy (non-hydrogen) atoms. The molecule has 156 valence electrons. The van der Waals surface area contributed by atoms with Gasteiger partial charge in [-0.3, -0.25) is 19.0 Å². The van der Waals surface area contributed by atoms with E-state index in [2.05, 4.69) is 20.0 Å². The van der Waals surface area contributed by atoms with Gasteiger partial charge in [-0.2, -0.15) is 0 Å². The van der Waals surface area contributed by atoms with Gasteiger partial charge in [-0.25, -0.2) is 0 Å². The Kier molecular flexibility index (Phi) is 6.59. The van der Waals surface area contributed by atoms with Gasteiger partial charge in [0, 0.05) is 17.3 Å². The Morgan fingerprint density at radius 2 is 1.90 bits per heavy atom. The molecule has 0 saturated heterocycles. The first-order valence-corrected chi connectivity index (χ1v) is 10.4. The van der Waals surface area contributed by atoms with Gasteiger partial charge in [0.1, 0.15) is 16.4 Å². The highest BCUT2D eigenvalue weighted by atomic mass is 35.5. The number of amidine groups is 1. The Hall–Kier alpha value is -3.10. The Labute approximate surface area is 183 Å². The molecule has 0 aliphatic heterocycles. The number of nitrogens with zero attached hydrogens (tertiary/aromatic N) is 1. The molecule has 1 heterocycles. The number of hydrogen-bond acceptors (Lipinski definition) is 5. The normalized spacial score (nSPS) is 11.6. The van der Waals surface area contributed by atoms with Crippen molar-refractivity contribution in [2.24, 2.45) is 10.7 Å². The summed E-state index contributed by atoms with van der Waals surface area (Å²) in [6.07, 6.45) is 0. The molecule has 1 amide bonds. The number of hydrogen-bond donors (Lipinski definition) is 4. The summed E-state index contributed by atoms with van der Waals surface area (Å²) in [4.78, 5) is 28.9. The summed E-state index contributed by atoms with van der Waals surface area (Å²) in [5, 5.41) is 7.04. The third kappa shape index (κ3) is 4.90. The van der Waals surface area contributed by atoms with Gasteiger partial charge in [0.2, 0.25) is 0 Å². The number of rotatable bonds is 6. The molecule has 5 N–H and O–H groups in total. The van der Waals surface area contributed by atoms with Crippen molar-refractivity contribution in [2.75, 3.05) is 10.6 Å². The van der Waals surface area contributed by atoms with Gasteiger partial charge in [0.05, 0.1) is 10.7 Å². The SMILES string of the molecule is Cc1cccc(Cl)c1NC(=O)c1ccc(Nc2s[nH]c(=O)c2C(N)=NC(C)C)cc1. The summed E-state index contributed by atoms with van der Waals surface area (Å²) in [5.41, 5.74) is 8.65. The molecular formula is C21H22ClN5O2S. The number of H-pyrrole nitrogens is 1. The standard InChI is InChI=1S/C21H22ClN5O2S/c1-11(2)24-18(23)16-20(29)27-30-21(16)25-14-9-7-13(8-10-14)19(28)26-17-12(3)5-4-6-15(17)22/h4-11,25H,1-3H3,(H2,23,24)(H,26,28)(H,27,29). The second-order valence-electron chi connectivity index (χ2n) is 6.93. The van der Waals surface area contributed by atoms with Crippen molar-refractivity contribution < 1.29 is 4.79 Å². The molecule has 0 aliphatic carbocycles. The smallest absolute Gasteiger partial charge is 0.271 e. The summed E-state index contributed by atoms with van der Waals surface area (Å²) in [6.45, 7) is 5.64. The second kappa shape index (κ2) is 9.15. The number of para-hydroxylation sites is 1. The van der Waals surface area contributed by atoms with Gasteiger partial charge in [-0.1, -0.05) is 23.7 Å². The van der Waals surface area contributed by atoms with Crippen LogP contribution < -0.4 is 21.9 Å². The van der Waals surface area contributed by atoms with Gasteiger partial charge in [-0.05, 0) is 68.2 Å². The van der Waals surface area contributed by atoms with Crippen LogP contribution >= 0.6 is 23.1 Å². The maximum absolute atomic E-state index is 12.6. The molecule has 0 unspecified atom stereocenters. The summed E-state index contributed by atoms with van der Waals surface area (Å²) < 4.78 is 2.67. The van der Waals surface area contributed by atoms with Crippen molar-refractivity contribution in [3.05, 3.63) is 74.5 Å². The number of aryl methyl sites for hydroxylation is 1. The molecule has 3 aromatic rings. The lowest BCUT2D eigenvalue weighted by molar-refractivity contribution is 0.102. The molecule has 0 saturated carbocycles. The van der Waals surface area contributed by atoms with E-state index in [0.29, 0.717) is 32.5 Å². The molecule has 0 spiro atoms. The van der Waals surface area contributed by atoms with Gasteiger partial charge >= 0.3 is 0 Å². The summed E-state index contributed by atoms with van der Waals surface area (Å²) in [6, 6.07) is 12.3. The number of anilines is 3. The number of aromatic amines is 1. The highest BCUT2D eigenvalue weighted by Gasteiger charge is 2.16. The molecule has 7 nitrogen and oxygen atoms in total. The number of carbonyl (C=O) groups excluding carboxylic acids is 1. The second-order valence-corrected chi connectivity index (χ2v) is 8.16. The van der Waals surface area contributed by atoms with Crippen LogP contribution in [0.1, 0.15) is 35.3 Å². The number of nitrogens with two attached hydrogens (primary N) is 1. The molecule has 0 atom stereocenters. The topological polar surface area (TPSA) is 112 Å². The third-order valence-electron chi connectivity index (χ3n) is 4.22. The van der Waals surface area contributed by atoms with E-state index >= 15 is 0 Å². The monoisotopic (exact) mass is 443 g/mol. The largest absolute Gasteiger partial charge is 0.383 e.